The number of ketones is 7. The van der Waals surface area contributed by atoms with E-state index in [1.54, 1.807) is 97.7 Å². The largest absolute Gasteiger partial charge is 0.461 e. The summed E-state index contributed by atoms with van der Waals surface area (Å²) in [6, 6.07) is 91.4. The topological polar surface area (TPSA) is 194 Å². The van der Waals surface area contributed by atoms with Gasteiger partial charge in [-0.2, -0.15) is 0 Å². The molecular formula is C112H104BrCl3N4O9S. The normalized spacial score (nSPS) is 10.8. The van der Waals surface area contributed by atoms with Crippen LogP contribution in [-0.4, -0.2) is 40.5 Å². The van der Waals surface area contributed by atoms with Crippen molar-refractivity contribution in [3.05, 3.63) is 519 Å². The van der Waals surface area contributed by atoms with Crippen LogP contribution in [0.25, 0.3) is 0 Å². The third-order valence-corrected chi connectivity index (χ3v) is 21.9. The monoisotopic (exact) mass is 1860 g/mol. The molecule has 0 fully saturated rings. The minimum atomic E-state index is -0.136. The molecule has 3 heterocycles. The van der Waals surface area contributed by atoms with Gasteiger partial charge in [-0.05, 0) is 280 Å². The van der Waals surface area contributed by atoms with Crippen LogP contribution in [0.4, 0.5) is 22.7 Å². The summed E-state index contributed by atoms with van der Waals surface area (Å²) in [5, 5.41) is 16.6. The summed E-state index contributed by atoms with van der Waals surface area (Å²) >= 11 is 23.3. The highest BCUT2D eigenvalue weighted by atomic mass is 79.9. The van der Waals surface area contributed by atoms with Gasteiger partial charge in [-0.1, -0.05) is 259 Å². The van der Waals surface area contributed by atoms with Gasteiger partial charge < -0.3 is 30.1 Å². The van der Waals surface area contributed by atoms with Gasteiger partial charge in [0.2, 0.25) is 11.6 Å². The van der Waals surface area contributed by atoms with Crippen molar-refractivity contribution in [1.29, 1.82) is 0 Å². The van der Waals surface area contributed by atoms with E-state index in [2.05, 4.69) is 81.4 Å². The number of carbonyl (C=O) groups is 7. The van der Waals surface area contributed by atoms with E-state index in [4.69, 9.17) is 43.6 Å². The van der Waals surface area contributed by atoms with Gasteiger partial charge in [0.15, 0.2) is 40.4 Å². The van der Waals surface area contributed by atoms with Crippen molar-refractivity contribution in [1.82, 2.24) is 0 Å². The number of aryl methyl sites for hydroxylation is 10. The second-order valence-electron chi connectivity index (χ2n) is 29.8. The average Bonchev–Trinajstić information content (AvgIpc) is 1.61. The minimum Gasteiger partial charge on any atom is -0.461 e. The van der Waals surface area contributed by atoms with Crippen LogP contribution in [-0.2, 0) is 19.3 Å². The van der Waals surface area contributed by atoms with Gasteiger partial charge in [0.1, 0.15) is 5.76 Å². The molecule has 11 aromatic carbocycles. The van der Waals surface area contributed by atoms with Gasteiger partial charge in [-0.15, -0.1) is 11.3 Å². The minimum absolute atomic E-state index is 0.00148. The van der Waals surface area contributed by atoms with Crippen LogP contribution in [0, 0.1) is 69.2 Å². The second kappa shape index (κ2) is 55.0. The summed E-state index contributed by atoms with van der Waals surface area (Å²) in [4.78, 5) is 83.2. The molecule has 0 radical (unpaired) electrons. The molecule has 0 bridgehead atoms. The zero-order valence-electron chi connectivity index (χ0n) is 74.2. The Morgan fingerprint density at radius 1 is 0.315 bits per heavy atom. The van der Waals surface area contributed by atoms with E-state index in [1.165, 1.54) is 58.1 Å². The first-order valence-corrected chi connectivity index (χ1v) is 44.5. The molecule has 0 spiro atoms. The first-order valence-electron chi connectivity index (χ1n) is 41.7. The quantitative estimate of drug-likeness (QED) is 0.0268. The van der Waals surface area contributed by atoms with Crippen molar-refractivity contribution in [2.75, 3.05) is 21.3 Å². The lowest BCUT2D eigenvalue weighted by Gasteiger charge is -2.06. The van der Waals surface area contributed by atoms with E-state index in [1.807, 2.05) is 291 Å². The number of anilines is 4. The fourth-order valence-electron chi connectivity index (χ4n) is 11.8. The number of hydrogen-bond acceptors (Lipinski definition) is 14. The predicted octanol–water partition coefficient (Wildman–Crippen LogP) is 30.0. The van der Waals surface area contributed by atoms with Crippen LogP contribution in [0.15, 0.2) is 402 Å². The van der Waals surface area contributed by atoms with E-state index in [9.17, 15) is 33.6 Å². The molecule has 0 atom stereocenters. The summed E-state index contributed by atoms with van der Waals surface area (Å²) in [5.41, 5.74) is 20.3. The second-order valence-corrected chi connectivity index (χ2v) is 32.8. The molecule has 0 unspecified atom stereocenters. The lowest BCUT2D eigenvalue weighted by molar-refractivity contribution is 0.101. The Hall–Kier alpha value is -13.9. The van der Waals surface area contributed by atoms with Crippen molar-refractivity contribution >= 4 is 125 Å². The maximum atomic E-state index is 11.9. The number of para-hydroxylation sites is 1. The number of nitrogens with one attached hydrogen (secondary N) is 4. The summed E-state index contributed by atoms with van der Waals surface area (Å²) in [6.45, 7) is 20.1. The fraction of sp³-hybridized carbons (Fsp3) is 0.116. The maximum Gasteiger partial charge on any atom is 0.220 e. The Labute approximate surface area is 790 Å². The van der Waals surface area contributed by atoms with Crippen LogP contribution in [0.5, 0.6) is 0 Å². The molecule has 660 valence electrons. The van der Waals surface area contributed by atoms with E-state index >= 15 is 0 Å². The Bertz CT molecular complexity index is 6170. The molecule has 130 heavy (non-hydrogen) atoms. The van der Waals surface area contributed by atoms with Crippen molar-refractivity contribution in [2.24, 2.45) is 0 Å². The standard InChI is InChI=1S/C17H15ClO.2C17H17NO.C16H15ClO2.C16H15NO.C15H13ClO2.C14H12BrNOS/c1-13-10-11-14(16(18)12-13)8-5-9-17(19)15-6-3-2-4-7-15;1-13-8-9-16(12-14(13)2)18-11-10-17(19)15-6-4-3-5-7-15;1-13-8-9-14(2)16(12-13)18-11-10-17(19)15-6-4-3-5-7-15;1-11-6-8-13(14(17)10-11)4-3-5-15(18)16-9-7-12(2)19-16;1-13-7-5-6-10-15(13)17-12-11-16(18)14-8-3-2-4-9-14;1-11-7-8-12(13(16)10-11)4-2-5-14(17)15-6-3-9-18-15;1-10-4-5-12(11(15)9-10)16-7-6-13(17)14-3-2-8-18-14/h2-7,9-12H,8H2,1H3;2*3-12,18H,1-2H3;3,5-10H,4H2,1-2H3;2-12,17H,1H3;2-3,5-10H,4H2,1H3;2-9,16H,1H3/b9-5+;2*11-10+;5-3+;12-11+;5-2+;7-6+. The van der Waals surface area contributed by atoms with Gasteiger partial charge in [0.05, 0.1) is 16.8 Å². The van der Waals surface area contributed by atoms with Crippen LogP contribution >= 0.6 is 62.1 Å². The number of hydrogen-bond donors (Lipinski definition) is 4. The average molecular weight is 1870 g/mol. The van der Waals surface area contributed by atoms with Crippen molar-refractivity contribution in [3.63, 3.8) is 0 Å². The third-order valence-electron chi connectivity index (χ3n) is 19.3. The molecular weight excluding hydrogens is 1760 g/mol. The van der Waals surface area contributed by atoms with Crippen LogP contribution in [0.3, 0.4) is 0 Å². The number of carbonyl (C=O) groups excluding carboxylic acids is 7. The first kappa shape index (κ1) is 102. The fourth-order valence-corrected chi connectivity index (χ4v) is 14.0. The zero-order chi connectivity index (χ0) is 93.5. The molecule has 0 aliphatic rings. The molecule has 0 amide bonds. The van der Waals surface area contributed by atoms with E-state index in [0.717, 1.165) is 97.4 Å². The van der Waals surface area contributed by atoms with Crippen LogP contribution < -0.4 is 21.3 Å². The molecule has 4 N–H and O–H groups in total. The predicted molar refractivity (Wildman–Crippen MR) is 543 cm³/mol. The molecule has 0 aliphatic heterocycles. The Kier molecular flexibility index (Phi) is 42.9. The van der Waals surface area contributed by atoms with Gasteiger partial charge in [-0.3, -0.25) is 33.6 Å². The SMILES string of the molecule is Cc1ccc(C)c(N/C=C/C(=O)c2ccccc2)c1.Cc1ccc(C/C=C/C(=O)c2ccc(C)o2)c(Cl)c1.Cc1ccc(C/C=C/C(=O)c2ccccc2)c(Cl)c1.Cc1ccc(C/C=C/C(=O)c2ccco2)c(Cl)c1.Cc1ccc(N/C=C/C(=O)c2ccccc2)cc1C.Cc1ccc(N/C=C/C(=O)c2cccs2)c(Br)c1.Cc1ccccc1N/C=C/C(=O)c1ccccc1. The van der Waals surface area contributed by atoms with Gasteiger partial charge >= 0.3 is 0 Å². The van der Waals surface area contributed by atoms with Crippen LogP contribution in [0.1, 0.15) is 145 Å². The van der Waals surface area contributed by atoms with E-state index < -0.39 is 0 Å². The number of allylic oxidation sites excluding steroid dienone is 10. The molecule has 0 saturated carbocycles. The lowest BCUT2D eigenvalue weighted by Crippen LogP contribution is -1.97. The Balaban J connectivity index is 0.000000187. The molecule has 0 saturated heterocycles. The summed E-state index contributed by atoms with van der Waals surface area (Å²) in [6.07, 6.45) is 26.4. The first-order chi connectivity index (χ1) is 62.7. The lowest BCUT2D eigenvalue weighted by atomic mass is 10.1. The molecule has 18 heteroatoms. The molecule has 14 rings (SSSR count). The number of rotatable bonds is 28. The number of furan rings is 2. The molecule has 0 aliphatic carbocycles. The molecule has 3 aromatic heterocycles. The van der Waals surface area contributed by atoms with E-state index in [0.29, 0.717) is 53.0 Å². The van der Waals surface area contributed by atoms with Crippen molar-refractivity contribution in [3.8, 4) is 0 Å². The van der Waals surface area contributed by atoms with Crippen LogP contribution in [0.2, 0.25) is 15.1 Å². The summed E-state index contributed by atoms with van der Waals surface area (Å²) in [5.74, 6) is 1.21. The Morgan fingerprint density at radius 2 is 0.708 bits per heavy atom. The van der Waals surface area contributed by atoms with E-state index in [-0.39, 0.29) is 40.5 Å². The maximum absolute atomic E-state index is 11.9. The van der Waals surface area contributed by atoms with Crippen molar-refractivity contribution < 1.29 is 42.4 Å². The summed E-state index contributed by atoms with van der Waals surface area (Å²) < 4.78 is 11.3. The third kappa shape index (κ3) is 36.5. The highest BCUT2D eigenvalue weighted by molar-refractivity contribution is 9.10. The zero-order valence-corrected chi connectivity index (χ0v) is 78.8. The molecule has 14 aromatic rings. The highest BCUT2D eigenvalue weighted by Gasteiger charge is 2.11. The number of halogens is 4. The highest BCUT2D eigenvalue weighted by Crippen LogP contribution is 2.26. The number of thiophene rings is 1. The van der Waals surface area contributed by atoms with Gasteiger partial charge in [-0.25, -0.2) is 0 Å². The Morgan fingerprint density at radius 3 is 1.14 bits per heavy atom. The van der Waals surface area contributed by atoms with Gasteiger partial charge in [0, 0.05) is 108 Å². The van der Waals surface area contributed by atoms with Gasteiger partial charge in [0.25, 0.3) is 0 Å². The molecule has 13 nitrogen and oxygen atoms in total. The summed E-state index contributed by atoms with van der Waals surface area (Å²) in [7, 11) is 0. The number of benzene rings is 11. The van der Waals surface area contributed by atoms with Crippen molar-refractivity contribution in [2.45, 2.75) is 88.5 Å². The smallest absolute Gasteiger partial charge is 0.220 e.